The zero-order valence-corrected chi connectivity index (χ0v) is 11.2. The number of amidine groups is 1. The first-order valence-corrected chi connectivity index (χ1v) is 7.05. The average Bonchev–Trinajstić information content (AvgIpc) is 2.86. The van der Waals surface area contributed by atoms with E-state index in [1.807, 2.05) is 0 Å². The lowest BCUT2D eigenvalue weighted by molar-refractivity contribution is 0.123. The third-order valence-electron chi connectivity index (χ3n) is 4.06. The van der Waals surface area contributed by atoms with Crippen molar-refractivity contribution >= 4 is 6.02 Å². The van der Waals surface area contributed by atoms with Crippen LogP contribution in [0.5, 0.6) is 0 Å². The minimum Gasteiger partial charge on any atom is -0.459 e. The highest BCUT2D eigenvalue weighted by atomic mass is 16.5. The Labute approximate surface area is 114 Å². The third-order valence-corrected chi connectivity index (χ3v) is 4.06. The van der Waals surface area contributed by atoms with Gasteiger partial charge in [-0.15, -0.1) is 0 Å². The Morgan fingerprint density at radius 2 is 1.95 bits per heavy atom. The Bertz CT molecular complexity index is 438. The SMILES string of the molecule is NC1=NCC(CN2CCC(c3ccccc3)CC2)O1. The normalized spacial score (nSPS) is 25.1. The van der Waals surface area contributed by atoms with Crippen molar-refractivity contribution < 1.29 is 4.74 Å². The molecule has 0 saturated carbocycles. The summed E-state index contributed by atoms with van der Waals surface area (Å²) >= 11 is 0. The molecule has 0 radical (unpaired) electrons. The van der Waals surface area contributed by atoms with Gasteiger partial charge in [0.25, 0.3) is 6.02 Å². The lowest BCUT2D eigenvalue weighted by Crippen LogP contribution is -2.39. The van der Waals surface area contributed by atoms with Crippen LogP contribution < -0.4 is 5.73 Å². The molecule has 1 unspecified atom stereocenters. The van der Waals surface area contributed by atoms with Crippen LogP contribution in [0.25, 0.3) is 0 Å². The van der Waals surface area contributed by atoms with Crippen molar-refractivity contribution in [3.63, 3.8) is 0 Å². The number of nitrogens with two attached hydrogens (primary N) is 1. The Balaban J connectivity index is 1.47. The van der Waals surface area contributed by atoms with Gasteiger partial charge in [0.2, 0.25) is 0 Å². The van der Waals surface area contributed by atoms with Crippen LogP contribution in [-0.2, 0) is 4.74 Å². The van der Waals surface area contributed by atoms with Crippen molar-refractivity contribution in [1.29, 1.82) is 0 Å². The topological polar surface area (TPSA) is 50.8 Å². The van der Waals surface area contributed by atoms with Gasteiger partial charge >= 0.3 is 0 Å². The van der Waals surface area contributed by atoms with E-state index in [2.05, 4.69) is 40.2 Å². The molecular weight excluding hydrogens is 238 g/mol. The lowest BCUT2D eigenvalue weighted by Gasteiger charge is -2.33. The van der Waals surface area contributed by atoms with Gasteiger partial charge in [-0.2, -0.15) is 0 Å². The maximum Gasteiger partial charge on any atom is 0.282 e. The number of piperidine rings is 1. The van der Waals surface area contributed by atoms with Crippen LogP contribution in [0.1, 0.15) is 24.3 Å². The maximum atomic E-state index is 5.54. The summed E-state index contributed by atoms with van der Waals surface area (Å²) in [5, 5.41) is 0. The summed E-state index contributed by atoms with van der Waals surface area (Å²) < 4.78 is 5.46. The van der Waals surface area contributed by atoms with Gasteiger partial charge in [0.05, 0.1) is 6.54 Å². The van der Waals surface area contributed by atoms with Crippen LogP contribution in [0.15, 0.2) is 35.3 Å². The Hall–Kier alpha value is -1.55. The first kappa shape index (κ1) is 12.5. The number of ether oxygens (including phenoxy) is 1. The summed E-state index contributed by atoms with van der Waals surface area (Å²) in [5.74, 6) is 0.711. The number of nitrogens with zero attached hydrogens (tertiary/aromatic N) is 2. The quantitative estimate of drug-likeness (QED) is 0.896. The summed E-state index contributed by atoms with van der Waals surface area (Å²) in [7, 11) is 0. The van der Waals surface area contributed by atoms with E-state index in [1.165, 1.54) is 18.4 Å². The minimum atomic E-state index is 0.160. The zero-order chi connectivity index (χ0) is 13.1. The molecule has 1 atom stereocenters. The molecule has 4 heteroatoms. The van der Waals surface area contributed by atoms with Gasteiger partial charge in [0.1, 0.15) is 6.10 Å². The van der Waals surface area contributed by atoms with E-state index in [4.69, 9.17) is 10.5 Å². The third kappa shape index (κ3) is 3.07. The molecule has 3 rings (SSSR count). The predicted molar refractivity (Wildman–Crippen MR) is 76.2 cm³/mol. The van der Waals surface area contributed by atoms with Crippen molar-refractivity contribution in [2.45, 2.75) is 24.9 Å². The molecule has 19 heavy (non-hydrogen) atoms. The van der Waals surface area contributed by atoms with E-state index >= 15 is 0 Å². The monoisotopic (exact) mass is 259 g/mol. The number of benzene rings is 1. The number of likely N-dealkylation sites (tertiary alicyclic amines) is 1. The van der Waals surface area contributed by atoms with Gasteiger partial charge in [-0.25, -0.2) is 4.99 Å². The average molecular weight is 259 g/mol. The second kappa shape index (κ2) is 5.61. The summed E-state index contributed by atoms with van der Waals surface area (Å²) in [5.41, 5.74) is 7.02. The highest BCUT2D eigenvalue weighted by molar-refractivity contribution is 5.73. The van der Waals surface area contributed by atoms with E-state index in [0.29, 0.717) is 18.5 Å². The van der Waals surface area contributed by atoms with Crippen LogP contribution in [0.3, 0.4) is 0 Å². The Kier molecular flexibility index (Phi) is 3.69. The molecule has 2 aliphatic heterocycles. The number of aliphatic imine (C=N–C) groups is 1. The molecule has 0 aromatic heterocycles. The molecule has 1 saturated heterocycles. The van der Waals surface area contributed by atoms with Crippen molar-refractivity contribution in [1.82, 2.24) is 4.90 Å². The van der Waals surface area contributed by atoms with Crippen molar-refractivity contribution in [2.75, 3.05) is 26.2 Å². The molecule has 0 aliphatic carbocycles. The molecule has 2 heterocycles. The Morgan fingerprint density at radius 3 is 2.58 bits per heavy atom. The molecule has 2 aliphatic rings. The molecule has 1 fully saturated rings. The van der Waals surface area contributed by atoms with Gasteiger partial charge in [0.15, 0.2) is 0 Å². The highest BCUT2D eigenvalue weighted by Crippen LogP contribution is 2.27. The standard InChI is InChI=1S/C15H21N3O/c16-15-17-10-14(19-15)11-18-8-6-13(7-9-18)12-4-2-1-3-5-12/h1-5,13-14H,6-11H2,(H2,16,17). The fourth-order valence-corrected chi connectivity index (χ4v) is 2.99. The maximum absolute atomic E-state index is 5.54. The van der Waals surface area contributed by atoms with Crippen molar-refractivity contribution in [3.8, 4) is 0 Å². The van der Waals surface area contributed by atoms with Crippen LogP contribution in [0, 0.1) is 0 Å². The molecule has 1 aromatic rings. The Morgan fingerprint density at radius 1 is 1.21 bits per heavy atom. The van der Waals surface area contributed by atoms with E-state index in [1.54, 1.807) is 0 Å². The number of rotatable bonds is 3. The van der Waals surface area contributed by atoms with Crippen molar-refractivity contribution in [2.24, 2.45) is 10.7 Å². The minimum absolute atomic E-state index is 0.160. The van der Waals surface area contributed by atoms with Gasteiger partial charge < -0.3 is 10.5 Å². The van der Waals surface area contributed by atoms with Gasteiger partial charge in [-0.05, 0) is 37.4 Å². The predicted octanol–water partition coefficient (Wildman–Crippen LogP) is 1.58. The molecule has 0 bridgehead atoms. The van der Waals surface area contributed by atoms with E-state index in [0.717, 1.165) is 19.6 Å². The fourth-order valence-electron chi connectivity index (χ4n) is 2.99. The number of hydrogen-bond acceptors (Lipinski definition) is 4. The summed E-state index contributed by atoms with van der Waals surface area (Å²) in [6, 6.07) is 11.2. The lowest BCUT2D eigenvalue weighted by atomic mass is 9.89. The van der Waals surface area contributed by atoms with Gasteiger partial charge in [-0.1, -0.05) is 30.3 Å². The van der Waals surface area contributed by atoms with Gasteiger partial charge in [-0.3, -0.25) is 4.90 Å². The van der Waals surface area contributed by atoms with E-state index in [-0.39, 0.29) is 6.10 Å². The molecule has 2 N–H and O–H groups in total. The molecular formula is C15H21N3O. The second-order valence-electron chi connectivity index (χ2n) is 5.40. The van der Waals surface area contributed by atoms with Crippen LogP contribution >= 0.6 is 0 Å². The molecule has 0 amide bonds. The largest absolute Gasteiger partial charge is 0.459 e. The first-order valence-electron chi connectivity index (χ1n) is 7.05. The number of hydrogen-bond donors (Lipinski definition) is 1. The van der Waals surface area contributed by atoms with Crippen LogP contribution in [0.2, 0.25) is 0 Å². The molecule has 1 aromatic carbocycles. The molecule has 0 spiro atoms. The smallest absolute Gasteiger partial charge is 0.282 e. The summed E-state index contributed by atoms with van der Waals surface area (Å²) in [6.45, 7) is 3.94. The van der Waals surface area contributed by atoms with E-state index in [9.17, 15) is 0 Å². The first-order chi connectivity index (χ1) is 9.31. The summed E-state index contributed by atoms with van der Waals surface area (Å²) in [4.78, 5) is 6.56. The highest BCUT2D eigenvalue weighted by Gasteiger charge is 2.25. The molecule has 102 valence electrons. The second-order valence-corrected chi connectivity index (χ2v) is 5.40. The van der Waals surface area contributed by atoms with Crippen molar-refractivity contribution in [3.05, 3.63) is 35.9 Å². The summed E-state index contributed by atoms with van der Waals surface area (Å²) in [6.07, 6.45) is 2.62. The fraction of sp³-hybridized carbons (Fsp3) is 0.533. The molecule has 4 nitrogen and oxygen atoms in total. The van der Waals surface area contributed by atoms with E-state index < -0.39 is 0 Å². The van der Waals surface area contributed by atoms with Crippen LogP contribution in [0.4, 0.5) is 0 Å². The zero-order valence-electron chi connectivity index (χ0n) is 11.2. The van der Waals surface area contributed by atoms with Gasteiger partial charge in [0, 0.05) is 6.54 Å². The van der Waals surface area contributed by atoms with Crippen LogP contribution in [-0.4, -0.2) is 43.2 Å².